The first kappa shape index (κ1) is 11.5. The van der Waals surface area contributed by atoms with Crippen molar-refractivity contribution in [1.82, 2.24) is 5.32 Å². The second kappa shape index (κ2) is 5.90. The summed E-state index contributed by atoms with van der Waals surface area (Å²) in [4.78, 5) is 0. The minimum absolute atomic E-state index is 0.362. The van der Waals surface area contributed by atoms with Crippen LogP contribution >= 0.6 is 0 Å². The molecule has 1 aromatic rings. The Morgan fingerprint density at radius 2 is 2.12 bits per heavy atom. The fourth-order valence-electron chi connectivity index (χ4n) is 2.04. The molecule has 2 rings (SSSR count). The van der Waals surface area contributed by atoms with Gasteiger partial charge in [-0.15, -0.1) is 0 Å². The molecule has 0 saturated carbocycles. The van der Waals surface area contributed by atoms with Crippen LogP contribution in [0.15, 0.2) is 24.3 Å². The smallest absolute Gasteiger partial charge is 0.119 e. The zero-order chi connectivity index (χ0) is 11.2. The van der Waals surface area contributed by atoms with E-state index in [2.05, 4.69) is 36.5 Å². The van der Waals surface area contributed by atoms with E-state index in [4.69, 9.17) is 4.74 Å². The number of aryl methyl sites for hydroxylation is 1. The molecular weight excluding hydrogens is 198 g/mol. The van der Waals surface area contributed by atoms with Crippen molar-refractivity contribution in [2.45, 2.75) is 38.7 Å². The first-order chi connectivity index (χ1) is 7.88. The van der Waals surface area contributed by atoms with Crippen molar-refractivity contribution in [2.24, 2.45) is 0 Å². The summed E-state index contributed by atoms with van der Waals surface area (Å²) >= 11 is 0. The van der Waals surface area contributed by atoms with Crippen molar-refractivity contribution in [2.75, 3.05) is 13.1 Å². The molecule has 2 heteroatoms. The summed E-state index contributed by atoms with van der Waals surface area (Å²) in [6, 6.07) is 8.58. The molecule has 16 heavy (non-hydrogen) atoms. The van der Waals surface area contributed by atoms with Gasteiger partial charge in [0.2, 0.25) is 0 Å². The SMILES string of the molecule is CCCCc1ccc(OC2CCNC2)cc1. The third kappa shape index (κ3) is 3.24. The lowest BCUT2D eigenvalue weighted by atomic mass is 10.1. The van der Waals surface area contributed by atoms with Crippen LogP contribution in [0.2, 0.25) is 0 Å². The molecule has 0 bridgehead atoms. The van der Waals surface area contributed by atoms with Gasteiger partial charge in [-0.25, -0.2) is 0 Å². The molecule has 88 valence electrons. The van der Waals surface area contributed by atoms with Crippen LogP contribution in [0.1, 0.15) is 31.7 Å². The van der Waals surface area contributed by atoms with Crippen LogP contribution in [0.25, 0.3) is 0 Å². The van der Waals surface area contributed by atoms with Gasteiger partial charge in [-0.2, -0.15) is 0 Å². The fourth-order valence-corrected chi connectivity index (χ4v) is 2.04. The summed E-state index contributed by atoms with van der Waals surface area (Å²) in [6.07, 6.45) is 5.19. The summed E-state index contributed by atoms with van der Waals surface area (Å²) in [5, 5.41) is 3.31. The number of unbranched alkanes of at least 4 members (excludes halogenated alkanes) is 1. The second-order valence-electron chi connectivity index (χ2n) is 4.48. The molecule has 1 fully saturated rings. The van der Waals surface area contributed by atoms with Gasteiger partial charge in [0, 0.05) is 6.54 Å². The van der Waals surface area contributed by atoms with Crippen LogP contribution < -0.4 is 10.1 Å². The van der Waals surface area contributed by atoms with Crippen LogP contribution in [0.3, 0.4) is 0 Å². The lowest BCUT2D eigenvalue weighted by Crippen LogP contribution is -2.19. The molecule has 1 atom stereocenters. The highest BCUT2D eigenvalue weighted by Gasteiger charge is 2.15. The van der Waals surface area contributed by atoms with E-state index < -0.39 is 0 Å². The predicted molar refractivity (Wildman–Crippen MR) is 67.0 cm³/mol. The molecule has 0 spiro atoms. The minimum atomic E-state index is 0.362. The van der Waals surface area contributed by atoms with E-state index in [0.717, 1.165) is 25.3 Å². The first-order valence-corrected chi connectivity index (χ1v) is 6.35. The van der Waals surface area contributed by atoms with E-state index in [1.807, 2.05) is 0 Å². The maximum Gasteiger partial charge on any atom is 0.119 e. The van der Waals surface area contributed by atoms with Crippen LogP contribution in [-0.4, -0.2) is 19.2 Å². The fraction of sp³-hybridized carbons (Fsp3) is 0.571. The second-order valence-corrected chi connectivity index (χ2v) is 4.48. The van der Waals surface area contributed by atoms with E-state index >= 15 is 0 Å². The number of hydrogen-bond acceptors (Lipinski definition) is 2. The Kier molecular flexibility index (Phi) is 4.23. The number of ether oxygens (including phenoxy) is 1. The van der Waals surface area contributed by atoms with Crippen molar-refractivity contribution in [3.63, 3.8) is 0 Å². The molecule has 1 saturated heterocycles. The number of hydrogen-bond donors (Lipinski definition) is 1. The van der Waals surface area contributed by atoms with Gasteiger partial charge < -0.3 is 10.1 Å². The highest BCUT2D eigenvalue weighted by atomic mass is 16.5. The van der Waals surface area contributed by atoms with Gasteiger partial charge in [-0.05, 0) is 43.5 Å². The van der Waals surface area contributed by atoms with E-state index in [0.29, 0.717) is 6.10 Å². The van der Waals surface area contributed by atoms with Gasteiger partial charge >= 0.3 is 0 Å². The van der Waals surface area contributed by atoms with Gasteiger partial charge in [-0.3, -0.25) is 0 Å². The van der Waals surface area contributed by atoms with Gasteiger partial charge in [0.25, 0.3) is 0 Å². The van der Waals surface area contributed by atoms with Crippen molar-refractivity contribution in [3.8, 4) is 5.75 Å². The Morgan fingerprint density at radius 1 is 1.31 bits per heavy atom. The normalized spacial score (nSPS) is 19.9. The van der Waals surface area contributed by atoms with Gasteiger partial charge in [0.1, 0.15) is 11.9 Å². The van der Waals surface area contributed by atoms with Crippen LogP contribution in [0.5, 0.6) is 5.75 Å². The molecule has 0 aromatic heterocycles. The number of benzene rings is 1. The highest BCUT2D eigenvalue weighted by Crippen LogP contribution is 2.17. The Morgan fingerprint density at radius 3 is 2.75 bits per heavy atom. The van der Waals surface area contributed by atoms with Gasteiger partial charge in [-0.1, -0.05) is 25.5 Å². The quantitative estimate of drug-likeness (QED) is 0.822. The number of nitrogens with one attached hydrogen (secondary N) is 1. The van der Waals surface area contributed by atoms with Crippen molar-refractivity contribution >= 4 is 0 Å². The molecule has 1 heterocycles. The Bertz CT molecular complexity index is 301. The Labute approximate surface area is 98.0 Å². The summed E-state index contributed by atoms with van der Waals surface area (Å²) < 4.78 is 5.87. The number of rotatable bonds is 5. The maximum absolute atomic E-state index is 5.87. The molecular formula is C14H21NO. The van der Waals surface area contributed by atoms with Crippen LogP contribution in [0, 0.1) is 0 Å². The summed E-state index contributed by atoms with van der Waals surface area (Å²) in [6.45, 7) is 4.29. The van der Waals surface area contributed by atoms with E-state index in [9.17, 15) is 0 Å². The average Bonchev–Trinajstić information content (AvgIpc) is 2.81. The molecule has 0 amide bonds. The highest BCUT2D eigenvalue weighted by molar-refractivity contribution is 5.27. The summed E-state index contributed by atoms with van der Waals surface area (Å²) in [5.41, 5.74) is 1.42. The zero-order valence-corrected chi connectivity index (χ0v) is 10.0. The molecule has 1 N–H and O–H groups in total. The predicted octanol–water partition coefficient (Wildman–Crippen LogP) is 2.77. The van der Waals surface area contributed by atoms with Gasteiger partial charge in [0.15, 0.2) is 0 Å². The first-order valence-electron chi connectivity index (χ1n) is 6.35. The minimum Gasteiger partial charge on any atom is -0.489 e. The van der Waals surface area contributed by atoms with Crippen molar-refractivity contribution in [3.05, 3.63) is 29.8 Å². The zero-order valence-electron chi connectivity index (χ0n) is 10.0. The summed E-state index contributed by atoms with van der Waals surface area (Å²) in [7, 11) is 0. The molecule has 1 unspecified atom stereocenters. The standard InChI is InChI=1S/C14H21NO/c1-2-3-4-12-5-7-13(8-6-12)16-14-9-10-15-11-14/h5-8,14-15H,2-4,9-11H2,1H3. The monoisotopic (exact) mass is 219 g/mol. The molecule has 1 aromatic carbocycles. The summed E-state index contributed by atoms with van der Waals surface area (Å²) in [5.74, 6) is 1.01. The third-order valence-corrected chi connectivity index (χ3v) is 3.06. The van der Waals surface area contributed by atoms with Gasteiger partial charge in [0.05, 0.1) is 0 Å². The largest absolute Gasteiger partial charge is 0.489 e. The molecule has 0 radical (unpaired) electrons. The third-order valence-electron chi connectivity index (χ3n) is 3.06. The lowest BCUT2D eigenvalue weighted by Gasteiger charge is -2.12. The Hall–Kier alpha value is -1.02. The van der Waals surface area contributed by atoms with Crippen LogP contribution in [-0.2, 0) is 6.42 Å². The average molecular weight is 219 g/mol. The van der Waals surface area contributed by atoms with Crippen molar-refractivity contribution < 1.29 is 4.74 Å². The maximum atomic E-state index is 5.87. The molecule has 2 nitrogen and oxygen atoms in total. The van der Waals surface area contributed by atoms with E-state index in [-0.39, 0.29) is 0 Å². The lowest BCUT2D eigenvalue weighted by molar-refractivity contribution is 0.223. The van der Waals surface area contributed by atoms with Crippen LogP contribution in [0.4, 0.5) is 0 Å². The topological polar surface area (TPSA) is 21.3 Å². The Balaban J connectivity index is 1.86. The molecule has 1 aliphatic rings. The molecule has 0 aliphatic carbocycles. The van der Waals surface area contributed by atoms with E-state index in [1.54, 1.807) is 0 Å². The molecule has 1 aliphatic heterocycles. The van der Waals surface area contributed by atoms with Crippen molar-refractivity contribution in [1.29, 1.82) is 0 Å². The van der Waals surface area contributed by atoms with E-state index in [1.165, 1.54) is 24.8 Å².